The summed E-state index contributed by atoms with van der Waals surface area (Å²) in [5, 5.41) is 0. The van der Waals surface area contributed by atoms with Crippen LogP contribution in [0.25, 0.3) is 0 Å². The molecule has 2 bridgehead atoms. The monoisotopic (exact) mass is 399 g/mol. The second-order valence-corrected chi connectivity index (χ2v) is 9.06. The molecule has 0 unspecified atom stereocenters. The Hall–Kier alpha value is -2.17. The van der Waals surface area contributed by atoms with Crippen molar-refractivity contribution in [2.45, 2.75) is 77.8 Å². The van der Waals surface area contributed by atoms with Crippen molar-refractivity contribution in [2.24, 2.45) is 11.3 Å². The molecule has 3 atom stereocenters. The van der Waals surface area contributed by atoms with Crippen LogP contribution in [0, 0.1) is 11.3 Å². The Labute approximate surface area is 173 Å². The second-order valence-electron chi connectivity index (χ2n) is 9.06. The summed E-state index contributed by atoms with van der Waals surface area (Å²) < 4.78 is 5.54. The summed E-state index contributed by atoms with van der Waals surface area (Å²) in [6, 6.07) is 9.65. The highest BCUT2D eigenvalue weighted by atomic mass is 16.5. The first-order valence-corrected chi connectivity index (χ1v) is 10.9. The first kappa shape index (κ1) is 21.5. The Kier molecular flexibility index (Phi) is 6.76. The average molecular weight is 400 g/mol. The molecule has 1 heterocycles. The lowest BCUT2D eigenvalue weighted by molar-refractivity contribution is -0.161. The standard InChI is InChI=1S/C24H33NO4/c1-4-24(2,3)21(26)22(27)25-19-14-13-18(16-19)20(25)23(28)29-15-9-8-12-17-10-6-5-7-11-17/h5-7,10-11,18-20H,4,8-9,12-16H2,1-3H3/t18-,19+,20+/m0/s1. The van der Waals surface area contributed by atoms with Gasteiger partial charge in [-0.1, -0.05) is 51.1 Å². The van der Waals surface area contributed by atoms with E-state index in [2.05, 4.69) is 12.1 Å². The molecule has 1 saturated heterocycles. The zero-order chi connectivity index (χ0) is 21.0. The molecule has 5 heteroatoms. The van der Waals surface area contributed by atoms with Gasteiger partial charge in [0.2, 0.25) is 5.78 Å². The van der Waals surface area contributed by atoms with Gasteiger partial charge in [-0.3, -0.25) is 9.59 Å². The number of rotatable bonds is 9. The first-order chi connectivity index (χ1) is 13.8. The van der Waals surface area contributed by atoms with Gasteiger partial charge in [0.25, 0.3) is 5.91 Å². The number of piperidine rings is 1. The van der Waals surface area contributed by atoms with Crippen LogP contribution in [0.1, 0.15) is 64.9 Å². The van der Waals surface area contributed by atoms with Gasteiger partial charge in [0.1, 0.15) is 6.04 Å². The van der Waals surface area contributed by atoms with Gasteiger partial charge in [0, 0.05) is 11.5 Å². The first-order valence-electron chi connectivity index (χ1n) is 10.9. The third kappa shape index (κ3) is 4.71. The number of nitrogens with zero attached hydrogens (tertiary/aromatic N) is 1. The van der Waals surface area contributed by atoms with Crippen LogP contribution in [0.15, 0.2) is 30.3 Å². The van der Waals surface area contributed by atoms with E-state index in [0.717, 1.165) is 38.5 Å². The van der Waals surface area contributed by atoms with Crippen LogP contribution in [0.3, 0.4) is 0 Å². The molecule has 1 aromatic carbocycles. The van der Waals surface area contributed by atoms with E-state index in [0.29, 0.717) is 13.0 Å². The number of carbonyl (C=O) groups is 3. The predicted octanol–water partition coefficient (Wildman–Crippen LogP) is 3.94. The minimum atomic E-state index is -0.704. The van der Waals surface area contributed by atoms with Crippen molar-refractivity contribution in [1.29, 1.82) is 0 Å². The highest BCUT2D eigenvalue weighted by Crippen LogP contribution is 2.43. The number of esters is 1. The number of ketones is 1. The summed E-state index contributed by atoms with van der Waals surface area (Å²) in [6.07, 6.45) is 5.88. The number of hydrogen-bond donors (Lipinski definition) is 0. The summed E-state index contributed by atoms with van der Waals surface area (Å²) >= 11 is 0. The van der Waals surface area contributed by atoms with E-state index in [9.17, 15) is 14.4 Å². The number of likely N-dealkylation sites (tertiary alicyclic amines) is 1. The van der Waals surface area contributed by atoms with E-state index < -0.39 is 23.1 Å². The molecule has 1 saturated carbocycles. The zero-order valence-corrected chi connectivity index (χ0v) is 17.9. The van der Waals surface area contributed by atoms with Crippen molar-refractivity contribution in [2.75, 3.05) is 6.61 Å². The van der Waals surface area contributed by atoms with Crippen molar-refractivity contribution in [3.8, 4) is 0 Å². The van der Waals surface area contributed by atoms with E-state index >= 15 is 0 Å². The zero-order valence-electron chi connectivity index (χ0n) is 17.9. The van der Waals surface area contributed by atoms with Gasteiger partial charge in [0.05, 0.1) is 6.61 Å². The minimum absolute atomic E-state index is 0.000244. The summed E-state index contributed by atoms with van der Waals surface area (Å²) in [5.74, 6) is -1.12. The fourth-order valence-electron chi connectivity index (χ4n) is 4.48. The van der Waals surface area contributed by atoms with Gasteiger partial charge in [-0.25, -0.2) is 4.79 Å². The largest absolute Gasteiger partial charge is 0.464 e. The fraction of sp³-hybridized carbons (Fsp3) is 0.625. The molecule has 2 aliphatic rings. The number of fused-ring (bicyclic) bond motifs is 2. The van der Waals surface area contributed by atoms with Crippen LogP contribution in [0.2, 0.25) is 0 Å². The number of Topliss-reactive ketones (excluding diaryl/α,β-unsaturated/α-hetero) is 1. The molecule has 0 aromatic heterocycles. The highest BCUT2D eigenvalue weighted by Gasteiger charge is 2.54. The number of unbranched alkanes of at least 4 members (excludes halogenated alkanes) is 1. The topological polar surface area (TPSA) is 63.7 Å². The van der Waals surface area contributed by atoms with Crippen LogP contribution < -0.4 is 0 Å². The Morgan fingerprint density at radius 1 is 1.10 bits per heavy atom. The summed E-state index contributed by atoms with van der Waals surface area (Å²) in [4.78, 5) is 40.0. The molecule has 0 N–H and O–H groups in total. The summed E-state index contributed by atoms with van der Waals surface area (Å²) in [7, 11) is 0. The van der Waals surface area contributed by atoms with Crippen LogP contribution >= 0.6 is 0 Å². The fourth-order valence-corrected chi connectivity index (χ4v) is 4.48. The van der Waals surface area contributed by atoms with E-state index in [1.165, 1.54) is 5.56 Å². The van der Waals surface area contributed by atoms with Crippen molar-refractivity contribution >= 4 is 17.7 Å². The molecular formula is C24H33NO4. The number of hydrogen-bond acceptors (Lipinski definition) is 4. The predicted molar refractivity (Wildman–Crippen MR) is 111 cm³/mol. The van der Waals surface area contributed by atoms with Crippen molar-refractivity contribution in [3.63, 3.8) is 0 Å². The van der Waals surface area contributed by atoms with E-state index in [1.54, 1.807) is 18.7 Å². The number of ether oxygens (including phenoxy) is 1. The third-order valence-electron chi connectivity index (χ3n) is 6.70. The molecule has 158 valence electrons. The van der Waals surface area contributed by atoms with Crippen molar-refractivity contribution in [1.82, 2.24) is 4.90 Å². The molecular weight excluding hydrogens is 366 g/mol. The van der Waals surface area contributed by atoms with Gasteiger partial charge in [-0.15, -0.1) is 0 Å². The third-order valence-corrected chi connectivity index (χ3v) is 6.70. The van der Waals surface area contributed by atoms with Crippen molar-refractivity contribution in [3.05, 3.63) is 35.9 Å². The molecule has 5 nitrogen and oxygen atoms in total. The molecule has 3 rings (SSSR count). The number of aryl methyl sites for hydroxylation is 1. The van der Waals surface area contributed by atoms with Crippen LogP contribution in [-0.2, 0) is 25.5 Å². The van der Waals surface area contributed by atoms with Gasteiger partial charge in [0.15, 0.2) is 0 Å². The van der Waals surface area contributed by atoms with Gasteiger partial charge < -0.3 is 9.64 Å². The Morgan fingerprint density at radius 3 is 2.52 bits per heavy atom. The van der Waals surface area contributed by atoms with E-state index in [4.69, 9.17) is 4.74 Å². The second kappa shape index (κ2) is 9.10. The lowest BCUT2D eigenvalue weighted by atomic mass is 9.84. The molecule has 0 radical (unpaired) electrons. The molecule has 0 spiro atoms. The van der Waals surface area contributed by atoms with Crippen LogP contribution in [-0.4, -0.2) is 41.3 Å². The molecule has 1 amide bonds. The lowest BCUT2D eigenvalue weighted by Gasteiger charge is -2.35. The number of benzene rings is 1. The molecule has 1 aliphatic carbocycles. The number of carbonyl (C=O) groups excluding carboxylic acids is 3. The Balaban J connectivity index is 1.54. The van der Waals surface area contributed by atoms with Gasteiger partial charge in [-0.05, 0) is 56.4 Å². The maximum atomic E-state index is 13.0. The SMILES string of the molecule is CCC(C)(C)C(=O)C(=O)N1[C@@H]2CC[C@@H](C2)[C@@H]1C(=O)OCCCCc1ccccc1. The number of amides is 1. The lowest BCUT2D eigenvalue weighted by Crippen LogP contribution is -2.54. The maximum Gasteiger partial charge on any atom is 0.329 e. The van der Waals surface area contributed by atoms with E-state index in [1.807, 2.05) is 25.1 Å². The summed E-state index contributed by atoms with van der Waals surface area (Å²) in [5.41, 5.74) is 0.575. The molecule has 29 heavy (non-hydrogen) atoms. The molecule has 1 aliphatic heterocycles. The molecule has 1 aromatic rings. The van der Waals surface area contributed by atoms with Gasteiger partial charge >= 0.3 is 5.97 Å². The summed E-state index contributed by atoms with van der Waals surface area (Å²) in [6.45, 7) is 5.85. The van der Waals surface area contributed by atoms with Crippen molar-refractivity contribution < 1.29 is 19.1 Å². The van der Waals surface area contributed by atoms with E-state index in [-0.39, 0.29) is 17.9 Å². The molecule has 2 fully saturated rings. The van der Waals surface area contributed by atoms with Gasteiger partial charge in [-0.2, -0.15) is 0 Å². The Morgan fingerprint density at radius 2 is 1.83 bits per heavy atom. The normalized spacial score (nSPS) is 23.3. The van der Waals surface area contributed by atoms with Crippen LogP contribution in [0.4, 0.5) is 0 Å². The minimum Gasteiger partial charge on any atom is -0.464 e. The smallest absolute Gasteiger partial charge is 0.329 e. The quantitative estimate of drug-likeness (QED) is 0.358. The Bertz CT molecular complexity index is 743. The maximum absolute atomic E-state index is 13.0. The highest BCUT2D eigenvalue weighted by molar-refractivity contribution is 6.38. The average Bonchev–Trinajstić information content (AvgIpc) is 3.34. The van der Waals surface area contributed by atoms with Crippen LogP contribution in [0.5, 0.6) is 0 Å².